The van der Waals surface area contributed by atoms with E-state index in [9.17, 15) is 8.42 Å². The lowest BCUT2D eigenvalue weighted by Crippen LogP contribution is -2.30. The molecule has 2 rings (SSSR count). The normalized spacial score (nSPS) is 11.6. The van der Waals surface area contributed by atoms with Gasteiger partial charge in [-0.05, 0) is 48.6 Å². The van der Waals surface area contributed by atoms with E-state index in [1.807, 2.05) is 38.1 Å². The number of hydrogen-bond donors (Lipinski definition) is 1. The summed E-state index contributed by atoms with van der Waals surface area (Å²) in [6.07, 6.45) is 0. The molecule has 2 N–H and O–H groups in total. The molecule has 0 saturated heterocycles. The molecule has 0 aliphatic carbocycles. The van der Waals surface area contributed by atoms with Crippen molar-refractivity contribution in [2.45, 2.75) is 24.6 Å². The van der Waals surface area contributed by atoms with E-state index in [2.05, 4.69) is 0 Å². The van der Waals surface area contributed by atoms with Crippen LogP contribution in [0, 0.1) is 6.92 Å². The quantitative estimate of drug-likeness (QED) is 0.923. The number of hydrogen-bond acceptors (Lipinski definition) is 4. The highest BCUT2D eigenvalue weighted by Gasteiger charge is 2.25. The number of thiophene rings is 1. The first kappa shape index (κ1) is 15.0. The predicted molar refractivity (Wildman–Crippen MR) is 83.6 cm³/mol. The first-order valence-electron chi connectivity index (χ1n) is 6.36. The SMILES string of the molecule is CCN(c1cccc(C)c1)S(=O)(=O)c1cc(CN)cs1. The van der Waals surface area contributed by atoms with Crippen molar-refractivity contribution in [1.29, 1.82) is 0 Å². The summed E-state index contributed by atoms with van der Waals surface area (Å²) in [4.78, 5) is 0. The van der Waals surface area contributed by atoms with E-state index in [1.54, 1.807) is 11.4 Å². The highest BCUT2D eigenvalue weighted by molar-refractivity contribution is 7.94. The summed E-state index contributed by atoms with van der Waals surface area (Å²) in [6.45, 7) is 4.52. The van der Waals surface area contributed by atoms with Crippen molar-refractivity contribution in [3.05, 3.63) is 46.8 Å². The minimum Gasteiger partial charge on any atom is -0.326 e. The Morgan fingerprint density at radius 3 is 2.60 bits per heavy atom. The second-order valence-electron chi connectivity index (χ2n) is 4.49. The third-order valence-electron chi connectivity index (χ3n) is 2.99. The van der Waals surface area contributed by atoms with Crippen LogP contribution in [-0.4, -0.2) is 15.0 Å². The Kier molecular flexibility index (Phi) is 4.47. The smallest absolute Gasteiger partial charge is 0.273 e. The van der Waals surface area contributed by atoms with E-state index in [0.29, 0.717) is 23.0 Å². The molecule has 0 fully saturated rings. The molecule has 108 valence electrons. The van der Waals surface area contributed by atoms with Crippen LogP contribution in [0.1, 0.15) is 18.1 Å². The molecule has 20 heavy (non-hydrogen) atoms. The minimum atomic E-state index is -3.51. The Morgan fingerprint density at radius 1 is 1.30 bits per heavy atom. The topological polar surface area (TPSA) is 63.4 Å². The number of aryl methyl sites for hydroxylation is 1. The van der Waals surface area contributed by atoms with Gasteiger partial charge in [0, 0.05) is 13.1 Å². The van der Waals surface area contributed by atoms with Gasteiger partial charge in [-0.25, -0.2) is 8.42 Å². The number of anilines is 1. The van der Waals surface area contributed by atoms with Crippen LogP contribution >= 0.6 is 11.3 Å². The van der Waals surface area contributed by atoms with Gasteiger partial charge in [0.1, 0.15) is 4.21 Å². The zero-order valence-corrected chi connectivity index (χ0v) is 13.2. The zero-order valence-electron chi connectivity index (χ0n) is 11.5. The van der Waals surface area contributed by atoms with Crippen LogP contribution < -0.4 is 10.0 Å². The van der Waals surface area contributed by atoms with Crippen LogP contribution in [0.25, 0.3) is 0 Å². The lowest BCUT2D eigenvalue weighted by atomic mass is 10.2. The summed E-state index contributed by atoms with van der Waals surface area (Å²) in [6, 6.07) is 9.15. The first-order valence-corrected chi connectivity index (χ1v) is 8.68. The van der Waals surface area contributed by atoms with Crippen LogP contribution in [0.15, 0.2) is 39.9 Å². The fourth-order valence-electron chi connectivity index (χ4n) is 1.98. The van der Waals surface area contributed by atoms with Gasteiger partial charge in [0.05, 0.1) is 5.69 Å². The van der Waals surface area contributed by atoms with Gasteiger partial charge < -0.3 is 5.73 Å². The Labute approximate surface area is 123 Å². The molecule has 2 aromatic rings. The van der Waals surface area contributed by atoms with E-state index in [-0.39, 0.29) is 0 Å². The van der Waals surface area contributed by atoms with Crippen LogP contribution in [0.3, 0.4) is 0 Å². The van der Waals surface area contributed by atoms with Gasteiger partial charge in [-0.3, -0.25) is 4.31 Å². The molecule has 1 aromatic heterocycles. The van der Waals surface area contributed by atoms with E-state index in [1.165, 1.54) is 15.6 Å². The second-order valence-corrected chi connectivity index (χ2v) is 7.49. The lowest BCUT2D eigenvalue weighted by molar-refractivity contribution is 0.594. The molecule has 0 amide bonds. The highest BCUT2D eigenvalue weighted by Crippen LogP contribution is 2.28. The molecule has 0 spiro atoms. The first-order chi connectivity index (χ1) is 9.48. The molecule has 0 saturated carbocycles. The maximum Gasteiger partial charge on any atom is 0.273 e. The number of rotatable bonds is 5. The molecule has 0 bridgehead atoms. The maximum atomic E-state index is 12.7. The van der Waals surface area contributed by atoms with Gasteiger partial charge in [0.25, 0.3) is 10.0 Å². The van der Waals surface area contributed by atoms with E-state index < -0.39 is 10.0 Å². The van der Waals surface area contributed by atoms with Crippen molar-refractivity contribution >= 4 is 27.0 Å². The summed E-state index contributed by atoms with van der Waals surface area (Å²) in [5.74, 6) is 0. The van der Waals surface area contributed by atoms with Gasteiger partial charge >= 0.3 is 0 Å². The minimum absolute atomic E-state index is 0.335. The highest BCUT2D eigenvalue weighted by atomic mass is 32.2. The van der Waals surface area contributed by atoms with Crippen molar-refractivity contribution in [3.8, 4) is 0 Å². The van der Waals surface area contributed by atoms with Gasteiger partial charge in [0.15, 0.2) is 0 Å². The summed E-state index contributed by atoms with van der Waals surface area (Å²) >= 11 is 1.21. The Morgan fingerprint density at radius 2 is 2.05 bits per heavy atom. The Bertz CT molecular complexity index is 693. The molecule has 0 unspecified atom stereocenters. The molecule has 0 atom stereocenters. The average molecular weight is 310 g/mol. The second kappa shape index (κ2) is 5.95. The van der Waals surface area contributed by atoms with Crippen LogP contribution in [-0.2, 0) is 16.6 Å². The monoisotopic (exact) mass is 310 g/mol. The maximum absolute atomic E-state index is 12.7. The van der Waals surface area contributed by atoms with Crippen molar-refractivity contribution in [1.82, 2.24) is 0 Å². The molecule has 1 aromatic carbocycles. The molecule has 1 heterocycles. The van der Waals surface area contributed by atoms with E-state index >= 15 is 0 Å². The average Bonchev–Trinajstić information content (AvgIpc) is 2.89. The third kappa shape index (κ3) is 2.87. The fourth-order valence-corrected chi connectivity index (χ4v) is 4.78. The van der Waals surface area contributed by atoms with Gasteiger partial charge in [0.2, 0.25) is 0 Å². The predicted octanol–water partition coefficient (Wildman–Crippen LogP) is 2.73. The summed E-state index contributed by atoms with van der Waals surface area (Å²) in [7, 11) is -3.51. The van der Waals surface area contributed by atoms with Crippen molar-refractivity contribution in [2.24, 2.45) is 5.73 Å². The van der Waals surface area contributed by atoms with E-state index in [0.717, 1.165) is 11.1 Å². The van der Waals surface area contributed by atoms with E-state index in [4.69, 9.17) is 5.73 Å². The van der Waals surface area contributed by atoms with Gasteiger partial charge in [-0.2, -0.15) is 0 Å². The molecule has 0 aliphatic heterocycles. The zero-order chi connectivity index (χ0) is 14.8. The standard InChI is InChI=1S/C14H18N2O2S2/c1-3-16(13-6-4-5-11(2)7-13)20(17,18)14-8-12(9-15)10-19-14/h4-8,10H,3,9,15H2,1-2H3. The summed E-state index contributed by atoms with van der Waals surface area (Å²) < 4.78 is 27.2. The molecule has 0 radical (unpaired) electrons. The number of benzene rings is 1. The Balaban J connectivity index is 2.44. The fraction of sp³-hybridized carbons (Fsp3) is 0.286. The number of nitrogens with two attached hydrogens (primary N) is 1. The molecular weight excluding hydrogens is 292 g/mol. The summed E-state index contributed by atoms with van der Waals surface area (Å²) in [5.41, 5.74) is 8.11. The van der Waals surface area contributed by atoms with Gasteiger partial charge in [-0.1, -0.05) is 12.1 Å². The lowest BCUT2D eigenvalue weighted by Gasteiger charge is -2.22. The summed E-state index contributed by atoms with van der Waals surface area (Å²) in [5, 5.41) is 1.79. The number of sulfonamides is 1. The van der Waals surface area contributed by atoms with Crippen LogP contribution in [0.2, 0.25) is 0 Å². The van der Waals surface area contributed by atoms with Crippen molar-refractivity contribution in [2.75, 3.05) is 10.8 Å². The van der Waals surface area contributed by atoms with Crippen LogP contribution in [0.4, 0.5) is 5.69 Å². The van der Waals surface area contributed by atoms with Crippen LogP contribution in [0.5, 0.6) is 0 Å². The van der Waals surface area contributed by atoms with Crippen molar-refractivity contribution in [3.63, 3.8) is 0 Å². The number of nitrogens with zero attached hydrogens (tertiary/aromatic N) is 1. The molecular formula is C14H18N2O2S2. The molecule has 6 heteroatoms. The largest absolute Gasteiger partial charge is 0.326 e. The molecule has 0 aliphatic rings. The van der Waals surface area contributed by atoms with Gasteiger partial charge in [-0.15, -0.1) is 11.3 Å². The molecule has 4 nitrogen and oxygen atoms in total. The Hall–Kier alpha value is -1.37. The van der Waals surface area contributed by atoms with Crippen molar-refractivity contribution < 1.29 is 8.42 Å². The third-order valence-corrected chi connectivity index (χ3v) is 6.35.